The van der Waals surface area contributed by atoms with Gasteiger partial charge in [0.25, 0.3) is 0 Å². The maximum Gasteiger partial charge on any atom is 0.218 e. The lowest BCUT2D eigenvalue weighted by molar-refractivity contribution is 0.781. The highest BCUT2D eigenvalue weighted by molar-refractivity contribution is 7.16. The molecule has 0 fully saturated rings. The molecule has 2 rings (SSSR count). The molecule has 6 heteroatoms. The fourth-order valence-electron chi connectivity index (χ4n) is 1.32. The van der Waals surface area contributed by atoms with Crippen LogP contribution in [-0.4, -0.2) is 14.8 Å². The number of nitrogens with two attached hydrogens (primary N) is 2. The zero-order chi connectivity index (χ0) is 11.0. The molecule has 2 aromatic rings. The molecule has 0 aliphatic rings. The number of nitrogens with zero attached hydrogens (tertiary/aromatic N) is 3. The van der Waals surface area contributed by atoms with Crippen molar-refractivity contribution in [2.24, 2.45) is 7.05 Å². The van der Waals surface area contributed by atoms with E-state index in [-0.39, 0.29) is 0 Å². The second kappa shape index (κ2) is 3.54. The summed E-state index contributed by atoms with van der Waals surface area (Å²) in [6.07, 6.45) is 0.969. The van der Waals surface area contributed by atoms with Gasteiger partial charge in [-0.1, -0.05) is 6.92 Å². The van der Waals surface area contributed by atoms with Crippen molar-refractivity contribution in [3.8, 4) is 11.4 Å². The average Bonchev–Trinajstić information content (AvgIpc) is 2.71. The van der Waals surface area contributed by atoms with Crippen molar-refractivity contribution in [3.05, 3.63) is 10.9 Å². The Labute approximate surface area is 91.7 Å². The first-order valence-electron chi connectivity index (χ1n) is 4.67. The van der Waals surface area contributed by atoms with Crippen molar-refractivity contribution in [2.45, 2.75) is 13.3 Å². The Morgan fingerprint density at radius 2 is 2.20 bits per heavy atom. The molecule has 0 saturated heterocycles. The SMILES string of the molecule is CCc1cc(-c2nc(N)n(C)n2)c(N)s1. The zero-order valence-corrected chi connectivity index (χ0v) is 9.51. The Morgan fingerprint density at radius 3 is 2.67 bits per heavy atom. The molecule has 2 heterocycles. The predicted molar refractivity (Wildman–Crippen MR) is 62.5 cm³/mol. The van der Waals surface area contributed by atoms with Crippen LogP contribution in [-0.2, 0) is 13.5 Å². The summed E-state index contributed by atoms with van der Waals surface area (Å²) >= 11 is 1.57. The maximum absolute atomic E-state index is 5.90. The van der Waals surface area contributed by atoms with Crippen LogP contribution in [0.15, 0.2) is 6.07 Å². The molecule has 0 aromatic carbocycles. The molecule has 0 unspecified atom stereocenters. The van der Waals surface area contributed by atoms with Crippen LogP contribution in [0.3, 0.4) is 0 Å². The van der Waals surface area contributed by atoms with E-state index in [9.17, 15) is 0 Å². The third kappa shape index (κ3) is 1.68. The quantitative estimate of drug-likeness (QED) is 0.803. The lowest BCUT2D eigenvalue weighted by Crippen LogP contribution is -1.97. The molecule has 0 atom stereocenters. The van der Waals surface area contributed by atoms with Crippen molar-refractivity contribution >= 4 is 22.3 Å². The minimum Gasteiger partial charge on any atom is -0.390 e. The van der Waals surface area contributed by atoms with E-state index in [1.807, 2.05) is 6.07 Å². The summed E-state index contributed by atoms with van der Waals surface area (Å²) in [4.78, 5) is 5.38. The summed E-state index contributed by atoms with van der Waals surface area (Å²) in [6, 6.07) is 2.02. The number of nitrogen functional groups attached to an aromatic ring is 2. The van der Waals surface area contributed by atoms with Gasteiger partial charge in [0.05, 0.1) is 10.6 Å². The molecule has 4 N–H and O–H groups in total. The summed E-state index contributed by atoms with van der Waals surface area (Å²) in [6.45, 7) is 2.09. The molecule has 5 nitrogen and oxygen atoms in total. The maximum atomic E-state index is 5.90. The highest BCUT2D eigenvalue weighted by Crippen LogP contribution is 2.32. The van der Waals surface area contributed by atoms with Crippen LogP contribution in [0.2, 0.25) is 0 Å². The molecular weight excluding hydrogens is 210 g/mol. The summed E-state index contributed by atoms with van der Waals surface area (Å²) in [5, 5.41) is 4.94. The van der Waals surface area contributed by atoms with Crippen LogP contribution in [0.1, 0.15) is 11.8 Å². The Kier molecular flexibility index (Phi) is 2.36. The summed E-state index contributed by atoms with van der Waals surface area (Å²) in [5.74, 6) is 0.997. The molecular formula is C9H13N5S. The minimum absolute atomic E-state index is 0.397. The Morgan fingerprint density at radius 1 is 1.47 bits per heavy atom. The highest BCUT2D eigenvalue weighted by atomic mass is 32.1. The number of hydrogen-bond acceptors (Lipinski definition) is 5. The zero-order valence-electron chi connectivity index (χ0n) is 8.69. The minimum atomic E-state index is 0.397. The van der Waals surface area contributed by atoms with E-state index in [2.05, 4.69) is 17.0 Å². The van der Waals surface area contributed by atoms with Crippen LogP contribution < -0.4 is 11.5 Å². The van der Waals surface area contributed by atoms with Crippen molar-refractivity contribution in [3.63, 3.8) is 0 Å². The lowest BCUT2D eigenvalue weighted by atomic mass is 10.2. The third-order valence-corrected chi connectivity index (χ3v) is 3.31. The number of thiophene rings is 1. The number of anilines is 2. The first kappa shape index (κ1) is 9.97. The molecule has 15 heavy (non-hydrogen) atoms. The summed E-state index contributed by atoms with van der Waals surface area (Å²) < 4.78 is 1.54. The van der Waals surface area contributed by atoms with Crippen LogP contribution in [0.4, 0.5) is 10.9 Å². The van der Waals surface area contributed by atoms with Crippen molar-refractivity contribution in [1.29, 1.82) is 0 Å². The molecule has 0 amide bonds. The van der Waals surface area contributed by atoms with Gasteiger partial charge in [-0.15, -0.1) is 16.4 Å². The van der Waals surface area contributed by atoms with Gasteiger partial charge < -0.3 is 11.5 Å². The third-order valence-electron chi connectivity index (χ3n) is 2.20. The average molecular weight is 223 g/mol. The van der Waals surface area contributed by atoms with Crippen LogP contribution in [0.5, 0.6) is 0 Å². The van der Waals surface area contributed by atoms with Gasteiger partial charge in [0.15, 0.2) is 5.82 Å². The number of rotatable bonds is 2. The molecule has 80 valence electrons. The van der Waals surface area contributed by atoms with Crippen LogP contribution in [0.25, 0.3) is 11.4 Å². The number of hydrogen-bond donors (Lipinski definition) is 2. The molecule has 2 aromatic heterocycles. The Balaban J connectivity index is 2.48. The van der Waals surface area contributed by atoms with Gasteiger partial charge in [0.1, 0.15) is 0 Å². The van der Waals surface area contributed by atoms with Gasteiger partial charge in [-0.25, -0.2) is 4.68 Å². The van der Waals surface area contributed by atoms with E-state index in [1.54, 1.807) is 18.4 Å². The fraction of sp³-hybridized carbons (Fsp3) is 0.333. The Bertz CT molecular complexity index is 465. The van der Waals surface area contributed by atoms with Crippen molar-refractivity contribution in [1.82, 2.24) is 14.8 Å². The topological polar surface area (TPSA) is 82.8 Å². The smallest absolute Gasteiger partial charge is 0.218 e. The highest BCUT2D eigenvalue weighted by Gasteiger charge is 2.13. The van der Waals surface area contributed by atoms with E-state index >= 15 is 0 Å². The lowest BCUT2D eigenvalue weighted by Gasteiger charge is -1.90. The van der Waals surface area contributed by atoms with Crippen LogP contribution >= 0.6 is 11.3 Å². The van der Waals surface area contributed by atoms with E-state index in [1.165, 1.54) is 9.56 Å². The number of aryl methyl sites for hydroxylation is 2. The van der Waals surface area contributed by atoms with E-state index in [0.29, 0.717) is 11.8 Å². The van der Waals surface area contributed by atoms with Crippen molar-refractivity contribution in [2.75, 3.05) is 11.5 Å². The molecule has 0 bridgehead atoms. The van der Waals surface area contributed by atoms with Gasteiger partial charge in [-0.05, 0) is 12.5 Å². The second-order valence-corrected chi connectivity index (χ2v) is 4.43. The van der Waals surface area contributed by atoms with Crippen LogP contribution in [0, 0.1) is 0 Å². The van der Waals surface area contributed by atoms with Gasteiger partial charge >= 0.3 is 0 Å². The molecule has 0 saturated carbocycles. The first-order chi connectivity index (χ1) is 7.11. The van der Waals surface area contributed by atoms with Gasteiger partial charge in [0, 0.05) is 11.9 Å². The standard InChI is InChI=1S/C9H13N5S/c1-3-5-4-6(7(10)15-5)8-12-9(11)14(2)13-8/h4H,3,10H2,1-2H3,(H2,11,12,13). The van der Waals surface area contributed by atoms with Crippen molar-refractivity contribution < 1.29 is 0 Å². The normalized spacial score (nSPS) is 10.8. The second-order valence-electron chi connectivity index (χ2n) is 3.26. The largest absolute Gasteiger partial charge is 0.390 e. The van der Waals surface area contributed by atoms with Gasteiger partial charge in [-0.2, -0.15) is 4.98 Å². The number of aromatic nitrogens is 3. The molecule has 0 aliphatic carbocycles. The molecule has 0 aliphatic heterocycles. The fourth-order valence-corrected chi connectivity index (χ4v) is 2.18. The summed E-state index contributed by atoms with van der Waals surface area (Å²) in [5.41, 5.74) is 12.4. The Hall–Kier alpha value is -1.56. The van der Waals surface area contributed by atoms with Gasteiger partial charge in [0.2, 0.25) is 5.95 Å². The van der Waals surface area contributed by atoms with E-state index < -0.39 is 0 Å². The predicted octanol–water partition coefficient (Wildman–Crippen LogP) is 1.27. The monoisotopic (exact) mass is 223 g/mol. The van der Waals surface area contributed by atoms with E-state index in [0.717, 1.165) is 17.0 Å². The van der Waals surface area contributed by atoms with E-state index in [4.69, 9.17) is 11.5 Å². The summed E-state index contributed by atoms with van der Waals surface area (Å²) in [7, 11) is 1.76. The first-order valence-corrected chi connectivity index (χ1v) is 5.48. The molecule has 0 spiro atoms. The van der Waals surface area contributed by atoms with Gasteiger partial charge in [-0.3, -0.25) is 0 Å². The molecule has 0 radical (unpaired) electrons.